The number of nitrogens with zero attached hydrogens (tertiary/aromatic N) is 1. The van der Waals surface area contributed by atoms with Crippen molar-refractivity contribution in [2.45, 2.75) is 13.8 Å². The number of anilines is 1. The van der Waals surface area contributed by atoms with E-state index in [4.69, 9.17) is 10.5 Å². The Labute approximate surface area is 101 Å². The number of rotatable bonds is 2. The fourth-order valence-electron chi connectivity index (χ4n) is 1.91. The molecule has 3 nitrogen and oxygen atoms in total. The maximum absolute atomic E-state index is 5.90. The Balaban J connectivity index is 2.68. The van der Waals surface area contributed by atoms with Crippen LogP contribution in [-0.4, -0.2) is 12.1 Å². The van der Waals surface area contributed by atoms with Crippen LogP contribution in [0.25, 0.3) is 11.1 Å². The Hall–Kier alpha value is -2.03. The normalized spacial score (nSPS) is 10.3. The zero-order valence-corrected chi connectivity index (χ0v) is 10.3. The second kappa shape index (κ2) is 4.45. The number of nitrogen functional groups attached to an aromatic ring is 1. The molecule has 2 N–H and O–H groups in total. The average molecular weight is 228 g/mol. The molecule has 88 valence electrons. The van der Waals surface area contributed by atoms with E-state index in [-0.39, 0.29) is 0 Å². The predicted octanol–water partition coefficient (Wildman–Crippen LogP) is 2.96. The molecule has 1 heterocycles. The molecule has 0 unspecified atom stereocenters. The van der Waals surface area contributed by atoms with Gasteiger partial charge in [0.25, 0.3) is 0 Å². The topological polar surface area (TPSA) is 48.1 Å². The van der Waals surface area contributed by atoms with Gasteiger partial charge in [0.05, 0.1) is 7.11 Å². The van der Waals surface area contributed by atoms with Crippen LogP contribution in [0.2, 0.25) is 0 Å². The van der Waals surface area contributed by atoms with Crippen molar-refractivity contribution in [2.24, 2.45) is 0 Å². The molecule has 2 aromatic rings. The number of ether oxygens (including phenoxy) is 1. The molecule has 0 fully saturated rings. The summed E-state index contributed by atoms with van der Waals surface area (Å²) in [5.74, 6) is 1.39. The summed E-state index contributed by atoms with van der Waals surface area (Å²) in [7, 11) is 1.68. The number of hydrogen-bond donors (Lipinski definition) is 1. The van der Waals surface area contributed by atoms with Gasteiger partial charge in [0.15, 0.2) is 0 Å². The minimum absolute atomic E-state index is 0.522. The number of benzene rings is 1. The van der Waals surface area contributed by atoms with Gasteiger partial charge in [-0.2, -0.15) is 0 Å². The third-order valence-corrected chi connectivity index (χ3v) is 3.01. The third-order valence-electron chi connectivity index (χ3n) is 3.01. The minimum atomic E-state index is 0.522. The van der Waals surface area contributed by atoms with Crippen LogP contribution < -0.4 is 10.5 Å². The summed E-state index contributed by atoms with van der Waals surface area (Å²) in [6.45, 7) is 4.11. The lowest BCUT2D eigenvalue weighted by atomic mass is 9.99. The molecule has 1 aromatic heterocycles. The summed E-state index contributed by atoms with van der Waals surface area (Å²) in [5, 5.41) is 0. The summed E-state index contributed by atoms with van der Waals surface area (Å²) in [4.78, 5) is 4.11. The fourth-order valence-corrected chi connectivity index (χ4v) is 1.91. The van der Waals surface area contributed by atoms with Crippen molar-refractivity contribution >= 4 is 5.82 Å². The van der Waals surface area contributed by atoms with Crippen molar-refractivity contribution in [3.63, 3.8) is 0 Å². The first-order valence-electron chi connectivity index (χ1n) is 5.50. The highest BCUT2D eigenvalue weighted by Gasteiger charge is 2.12. The second-order valence-electron chi connectivity index (χ2n) is 4.02. The number of methoxy groups -OCH3 is 1. The van der Waals surface area contributed by atoms with Crippen LogP contribution >= 0.6 is 0 Å². The fraction of sp³-hybridized carbons (Fsp3) is 0.214. The summed E-state index contributed by atoms with van der Waals surface area (Å²) >= 11 is 0. The van der Waals surface area contributed by atoms with Crippen LogP contribution in [0.5, 0.6) is 5.75 Å². The van der Waals surface area contributed by atoms with Gasteiger partial charge in [-0.3, -0.25) is 0 Å². The number of aromatic nitrogens is 1. The maximum atomic E-state index is 5.90. The molecule has 0 aliphatic carbocycles. The summed E-state index contributed by atoms with van der Waals surface area (Å²) in [6, 6.07) is 7.92. The van der Waals surface area contributed by atoms with E-state index in [0.717, 1.165) is 22.4 Å². The zero-order chi connectivity index (χ0) is 12.4. The highest BCUT2D eigenvalue weighted by molar-refractivity contribution is 5.79. The van der Waals surface area contributed by atoms with Crippen molar-refractivity contribution in [1.82, 2.24) is 4.98 Å². The van der Waals surface area contributed by atoms with Crippen LogP contribution in [0.1, 0.15) is 11.1 Å². The van der Waals surface area contributed by atoms with Crippen molar-refractivity contribution < 1.29 is 4.74 Å². The molecule has 0 amide bonds. The zero-order valence-electron chi connectivity index (χ0n) is 10.3. The maximum Gasteiger partial charge on any atom is 0.131 e. The second-order valence-corrected chi connectivity index (χ2v) is 4.02. The first kappa shape index (κ1) is 11.5. The summed E-state index contributed by atoms with van der Waals surface area (Å²) < 4.78 is 5.48. The van der Waals surface area contributed by atoms with E-state index in [2.05, 4.69) is 18.0 Å². The first-order valence-corrected chi connectivity index (χ1v) is 5.50. The number of hydrogen-bond acceptors (Lipinski definition) is 3. The highest BCUT2D eigenvalue weighted by Crippen LogP contribution is 2.36. The van der Waals surface area contributed by atoms with Crippen LogP contribution in [0.3, 0.4) is 0 Å². The van der Waals surface area contributed by atoms with Gasteiger partial charge in [-0.05, 0) is 37.1 Å². The van der Waals surface area contributed by atoms with Crippen LogP contribution in [0, 0.1) is 13.8 Å². The summed E-state index contributed by atoms with van der Waals surface area (Å²) in [6.07, 6.45) is 1.69. The van der Waals surface area contributed by atoms with Gasteiger partial charge in [0, 0.05) is 17.3 Å². The lowest BCUT2D eigenvalue weighted by Gasteiger charge is -2.14. The molecule has 1 aromatic carbocycles. The SMILES string of the molecule is COc1c(-c2cccnc2N)ccc(C)c1C. The quantitative estimate of drug-likeness (QED) is 0.859. The van der Waals surface area contributed by atoms with Crippen molar-refractivity contribution in [1.29, 1.82) is 0 Å². The third kappa shape index (κ3) is 1.96. The van der Waals surface area contributed by atoms with Crippen LogP contribution in [0.15, 0.2) is 30.5 Å². The van der Waals surface area contributed by atoms with Crippen molar-refractivity contribution in [3.8, 4) is 16.9 Å². The number of pyridine rings is 1. The molecule has 0 spiro atoms. The van der Waals surface area contributed by atoms with E-state index >= 15 is 0 Å². The molecule has 0 atom stereocenters. The number of nitrogens with two attached hydrogens (primary N) is 1. The average Bonchev–Trinajstić information content (AvgIpc) is 2.33. The highest BCUT2D eigenvalue weighted by atomic mass is 16.5. The number of aryl methyl sites for hydroxylation is 1. The predicted molar refractivity (Wildman–Crippen MR) is 70.1 cm³/mol. The van der Waals surface area contributed by atoms with Crippen molar-refractivity contribution in [3.05, 3.63) is 41.6 Å². The lowest BCUT2D eigenvalue weighted by molar-refractivity contribution is 0.413. The molecule has 0 saturated carbocycles. The van der Waals surface area contributed by atoms with E-state index in [1.54, 1.807) is 13.3 Å². The van der Waals surface area contributed by atoms with E-state index < -0.39 is 0 Å². The lowest BCUT2D eigenvalue weighted by Crippen LogP contribution is -1.97. The van der Waals surface area contributed by atoms with Gasteiger partial charge in [-0.1, -0.05) is 12.1 Å². The van der Waals surface area contributed by atoms with E-state index in [1.807, 2.05) is 25.1 Å². The van der Waals surface area contributed by atoms with E-state index in [1.165, 1.54) is 5.56 Å². The van der Waals surface area contributed by atoms with Crippen molar-refractivity contribution in [2.75, 3.05) is 12.8 Å². The van der Waals surface area contributed by atoms with Gasteiger partial charge in [-0.15, -0.1) is 0 Å². The van der Waals surface area contributed by atoms with E-state index in [0.29, 0.717) is 5.82 Å². The molecule has 0 bridgehead atoms. The Kier molecular flexibility index (Phi) is 3.00. The molecule has 0 radical (unpaired) electrons. The monoisotopic (exact) mass is 228 g/mol. The largest absolute Gasteiger partial charge is 0.496 e. The minimum Gasteiger partial charge on any atom is -0.496 e. The molecule has 17 heavy (non-hydrogen) atoms. The Morgan fingerprint density at radius 2 is 1.88 bits per heavy atom. The molecule has 3 heteroatoms. The van der Waals surface area contributed by atoms with Gasteiger partial charge >= 0.3 is 0 Å². The smallest absolute Gasteiger partial charge is 0.131 e. The molecule has 0 aliphatic rings. The van der Waals surface area contributed by atoms with Gasteiger partial charge in [0.1, 0.15) is 11.6 Å². The van der Waals surface area contributed by atoms with Gasteiger partial charge in [0.2, 0.25) is 0 Å². The summed E-state index contributed by atoms with van der Waals surface area (Å²) in [5.41, 5.74) is 10.1. The van der Waals surface area contributed by atoms with Gasteiger partial charge in [-0.25, -0.2) is 4.98 Å². The van der Waals surface area contributed by atoms with Crippen LogP contribution in [-0.2, 0) is 0 Å². The first-order chi connectivity index (χ1) is 8.15. The molecular formula is C14H16N2O. The van der Waals surface area contributed by atoms with Crippen LogP contribution in [0.4, 0.5) is 5.82 Å². The molecular weight excluding hydrogens is 212 g/mol. The molecule has 0 saturated heterocycles. The molecule has 2 rings (SSSR count). The molecule has 0 aliphatic heterocycles. The standard InChI is InChI=1S/C14H16N2O/c1-9-6-7-11(13(17-3)10(9)2)12-5-4-8-16-14(12)15/h4-8H,1-3H3,(H2,15,16). The Morgan fingerprint density at radius 3 is 2.53 bits per heavy atom. The Morgan fingerprint density at radius 1 is 1.12 bits per heavy atom. The van der Waals surface area contributed by atoms with Gasteiger partial charge < -0.3 is 10.5 Å². The Bertz CT molecular complexity index is 550. The van der Waals surface area contributed by atoms with E-state index in [9.17, 15) is 0 Å².